The molecule has 4 heteroatoms. The number of carbonyl (C=O) groups is 1. The highest BCUT2D eigenvalue weighted by atomic mass is 35.5. The van der Waals surface area contributed by atoms with Crippen molar-refractivity contribution in [1.29, 1.82) is 0 Å². The van der Waals surface area contributed by atoms with Crippen LogP contribution < -0.4 is 4.90 Å². The van der Waals surface area contributed by atoms with Crippen LogP contribution in [0.1, 0.15) is 11.1 Å². The lowest BCUT2D eigenvalue weighted by Crippen LogP contribution is -2.45. The second-order valence-corrected chi connectivity index (χ2v) is 6.37. The van der Waals surface area contributed by atoms with Gasteiger partial charge in [0.05, 0.1) is 0 Å². The number of carbonyl (C=O) groups excluding carboxylic acids is 1. The Bertz CT molecular complexity index is 634. The molecule has 0 amide bonds. The standard InChI is InChI=1S/C19H21ClN2O/c20-19(23)14-16-6-8-17(9-7-16)15-21-10-12-22(13-11-21)18-4-2-1-3-5-18/h1-9H,10-15H2. The molecule has 1 aliphatic heterocycles. The zero-order valence-corrected chi connectivity index (χ0v) is 13.9. The molecular formula is C19H21ClN2O. The van der Waals surface area contributed by atoms with Crippen molar-refractivity contribution in [2.75, 3.05) is 31.1 Å². The second kappa shape index (κ2) is 7.62. The van der Waals surface area contributed by atoms with Crippen LogP contribution in [0.5, 0.6) is 0 Å². The normalized spacial score (nSPS) is 15.6. The van der Waals surface area contributed by atoms with Gasteiger partial charge in [0, 0.05) is 44.8 Å². The Morgan fingerprint density at radius 2 is 1.48 bits per heavy atom. The molecule has 0 N–H and O–H groups in total. The number of para-hydroxylation sites is 1. The molecule has 1 heterocycles. The minimum atomic E-state index is -0.310. The Morgan fingerprint density at radius 3 is 2.09 bits per heavy atom. The van der Waals surface area contributed by atoms with Gasteiger partial charge in [-0.2, -0.15) is 0 Å². The van der Waals surface area contributed by atoms with E-state index in [1.165, 1.54) is 11.3 Å². The highest BCUT2D eigenvalue weighted by Crippen LogP contribution is 2.17. The lowest BCUT2D eigenvalue weighted by Gasteiger charge is -2.36. The van der Waals surface area contributed by atoms with Crippen LogP contribution in [-0.2, 0) is 17.8 Å². The Kier molecular flexibility index (Phi) is 5.31. The molecule has 2 aromatic rings. The van der Waals surface area contributed by atoms with Crippen molar-refractivity contribution in [3.05, 3.63) is 65.7 Å². The average Bonchev–Trinajstić information content (AvgIpc) is 2.58. The van der Waals surface area contributed by atoms with Crippen molar-refractivity contribution in [2.45, 2.75) is 13.0 Å². The zero-order valence-electron chi connectivity index (χ0n) is 13.1. The van der Waals surface area contributed by atoms with Crippen molar-refractivity contribution >= 4 is 22.5 Å². The molecule has 0 unspecified atom stereocenters. The maximum absolute atomic E-state index is 10.9. The molecule has 3 nitrogen and oxygen atoms in total. The molecule has 23 heavy (non-hydrogen) atoms. The van der Waals surface area contributed by atoms with Gasteiger partial charge in [-0.1, -0.05) is 42.5 Å². The summed E-state index contributed by atoms with van der Waals surface area (Å²) >= 11 is 5.42. The molecular weight excluding hydrogens is 308 g/mol. The fourth-order valence-corrected chi connectivity index (χ4v) is 3.14. The summed E-state index contributed by atoms with van der Waals surface area (Å²) in [5.41, 5.74) is 3.56. The Hall–Kier alpha value is -1.84. The Balaban J connectivity index is 1.51. The predicted molar refractivity (Wildman–Crippen MR) is 94.9 cm³/mol. The van der Waals surface area contributed by atoms with Gasteiger partial charge in [-0.3, -0.25) is 9.69 Å². The van der Waals surface area contributed by atoms with E-state index in [0.29, 0.717) is 6.42 Å². The summed E-state index contributed by atoms with van der Waals surface area (Å²) in [6.07, 6.45) is 0.303. The molecule has 1 fully saturated rings. The predicted octanol–water partition coefficient (Wildman–Crippen LogP) is 3.32. The van der Waals surface area contributed by atoms with E-state index in [2.05, 4.69) is 52.3 Å². The van der Waals surface area contributed by atoms with Gasteiger partial charge < -0.3 is 4.90 Å². The van der Waals surface area contributed by atoms with Crippen LogP contribution in [0.3, 0.4) is 0 Å². The van der Waals surface area contributed by atoms with Gasteiger partial charge in [0.15, 0.2) is 0 Å². The topological polar surface area (TPSA) is 23.6 Å². The molecule has 0 aliphatic carbocycles. The van der Waals surface area contributed by atoms with Crippen molar-refractivity contribution in [3.63, 3.8) is 0 Å². The third-order valence-corrected chi connectivity index (χ3v) is 4.40. The smallest absolute Gasteiger partial charge is 0.226 e. The van der Waals surface area contributed by atoms with Gasteiger partial charge in [-0.15, -0.1) is 0 Å². The summed E-state index contributed by atoms with van der Waals surface area (Å²) in [6, 6.07) is 18.8. The highest BCUT2D eigenvalue weighted by Gasteiger charge is 2.17. The maximum Gasteiger partial charge on any atom is 0.226 e. The fourth-order valence-electron chi connectivity index (χ4n) is 2.98. The summed E-state index contributed by atoms with van der Waals surface area (Å²) in [6.45, 7) is 5.21. The van der Waals surface area contributed by atoms with Crippen LogP contribution in [0.25, 0.3) is 0 Å². The van der Waals surface area contributed by atoms with E-state index in [1.54, 1.807) is 0 Å². The summed E-state index contributed by atoms with van der Waals surface area (Å²) in [4.78, 5) is 15.8. The SMILES string of the molecule is O=C(Cl)Cc1ccc(CN2CCN(c3ccccc3)CC2)cc1. The number of rotatable bonds is 5. The van der Waals surface area contributed by atoms with E-state index in [0.717, 1.165) is 38.3 Å². The van der Waals surface area contributed by atoms with E-state index in [-0.39, 0.29) is 5.24 Å². The molecule has 2 aromatic carbocycles. The van der Waals surface area contributed by atoms with E-state index in [4.69, 9.17) is 11.6 Å². The second-order valence-electron chi connectivity index (χ2n) is 5.95. The first-order valence-electron chi connectivity index (χ1n) is 7.99. The van der Waals surface area contributed by atoms with Crippen LogP contribution in [0, 0.1) is 0 Å². The molecule has 0 radical (unpaired) electrons. The van der Waals surface area contributed by atoms with Gasteiger partial charge in [0.25, 0.3) is 0 Å². The van der Waals surface area contributed by atoms with Crippen LogP contribution in [0.4, 0.5) is 5.69 Å². The number of benzene rings is 2. The number of anilines is 1. The monoisotopic (exact) mass is 328 g/mol. The average molecular weight is 329 g/mol. The van der Waals surface area contributed by atoms with Crippen LogP contribution in [0.2, 0.25) is 0 Å². The van der Waals surface area contributed by atoms with E-state index in [1.807, 2.05) is 12.1 Å². The summed E-state index contributed by atoms with van der Waals surface area (Å²) in [7, 11) is 0. The van der Waals surface area contributed by atoms with Crippen molar-refractivity contribution < 1.29 is 4.79 Å². The lowest BCUT2D eigenvalue weighted by molar-refractivity contribution is -0.111. The van der Waals surface area contributed by atoms with Crippen LogP contribution in [-0.4, -0.2) is 36.3 Å². The Labute approximate surface area is 142 Å². The number of hydrogen-bond acceptors (Lipinski definition) is 3. The Morgan fingerprint density at radius 1 is 0.870 bits per heavy atom. The minimum Gasteiger partial charge on any atom is -0.369 e. The van der Waals surface area contributed by atoms with E-state index >= 15 is 0 Å². The molecule has 3 rings (SSSR count). The third-order valence-electron chi connectivity index (χ3n) is 4.27. The maximum atomic E-state index is 10.9. The van der Waals surface area contributed by atoms with E-state index < -0.39 is 0 Å². The first-order chi connectivity index (χ1) is 11.2. The minimum absolute atomic E-state index is 0.303. The quantitative estimate of drug-likeness (QED) is 0.787. The van der Waals surface area contributed by atoms with Crippen LogP contribution >= 0.6 is 11.6 Å². The first-order valence-corrected chi connectivity index (χ1v) is 8.37. The largest absolute Gasteiger partial charge is 0.369 e. The third kappa shape index (κ3) is 4.57. The number of piperazine rings is 1. The number of hydrogen-bond donors (Lipinski definition) is 0. The summed E-state index contributed by atoms with van der Waals surface area (Å²) in [5.74, 6) is 0. The lowest BCUT2D eigenvalue weighted by atomic mass is 10.1. The molecule has 1 aliphatic rings. The highest BCUT2D eigenvalue weighted by molar-refractivity contribution is 6.63. The van der Waals surface area contributed by atoms with Gasteiger partial charge >= 0.3 is 0 Å². The van der Waals surface area contributed by atoms with Crippen molar-refractivity contribution in [1.82, 2.24) is 4.90 Å². The molecule has 0 spiro atoms. The van der Waals surface area contributed by atoms with Gasteiger partial charge in [-0.05, 0) is 34.9 Å². The fraction of sp³-hybridized carbons (Fsp3) is 0.316. The molecule has 0 aromatic heterocycles. The van der Waals surface area contributed by atoms with Gasteiger partial charge in [-0.25, -0.2) is 0 Å². The number of halogens is 1. The van der Waals surface area contributed by atoms with E-state index in [9.17, 15) is 4.79 Å². The summed E-state index contributed by atoms with van der Waals surface area (Å²) in [5, 5.41) is -0.310. The zero-order chi connectivity index (χ0) is 16.1. The van der Waals surface area contributed by atoms with Gasteiger partial charge in [0.1, 0.15) is 0 Å². The molecule has 120 valence electrons. The molecule has 0 atom stereocenters. The molecule has 0 bridgehead atoms. The number of nitrogens with zero attached hydrogens (tertiary/aromatic N) is 2. The van der Waals surface area contributed by atoms with Gasteiger partial charge in [0.2, 0.25) is 5.24 Å². The molecule has 0 saturated carbocycles. The summed E-state index contributed by atoms with van der Waals surface area (Å²) < 4.78 is 0. The van der Waals surface area contributed by atoms with Crippen LogP contribution in [0.15, 0.2) is 54.6 Å². The van der Waals surface area contributed by atoms with Crippen molar-refractivity contribution in [3.8, 4) is 0 Å². The molecule has 1 saturated heterocycles. The van der Waals surface area contributed by atoms with Crippen molar-refractivity contribution in [2.24, 2.45) is 0 Å². The first kappa shape index (κ1) is 16.0.